The molecule has 1 aromatic rings. The third-order valence-corrected chi connectivity index (χ3v) is 4.99. The van der Waals surface area contributed by atoms with E-state index in [2.05, 4.69) is 4.98 Å². The minimum Gasteiger partial charge on any atom is -0.313 e. The zero-order chi connectivity index (χ0) is 14.2. The smallest absolute Gasteiger partial charge is 0.313 e. The number of hydrogen-bond acceptors (Lipinski definition) is 5. The summed E-state index contributed by atoms with van der Waals surface area (Å²) in [7, 11) is -3.24. The topological polar surface area (TPSA) is 106 Å². The lowest BCUT2D eigenvalue weighted by atomic mass is 10.1. The molecular weight excluding hydrogens is 272 g/mol. The van der Waals surface area contributed by atoms with Crippen molar-refractivity contribution in [3.8, 4) is 0 Å². The summed E-state index contributed by atoms with van der Waals surface area (Å²) in [5.41, 5.74) is -1.54. The summed E-state index contributed by atoms with van der Waals surface area (Å²) in [6.07, 6.45) is 1.91. The molecular formula is C11H14N2O5S. The number of Topliss-reactive ketones (excluding diaryl/α,β-unsaturated/α-hetero) is 1. The molecule has 0 bridgehead atoms. The van der Waals surface area contributed by atoms with Gasteiger partial charge in [0.1, 0.15) is 0 Å². The van der Waals surface area contributed by atoms with Crippen LogP contribution in [-0.4, -0.2) is 35.3 Å². The van der Waals surface area contributed by atoms with Crippen molar-refractivity contribution in [2.45, 2.75) is 25.8 Å². The number of sulfone groups is 1. The molecule has 1 fully saturated rings. The van der Waals surface area contributed by atoms with Gasteiger partial charge in [0.15, 0.2) is 15.6 Å². The van der Waals surface area contributed by atoms with Crippen molar-refractivity contribution in [2.75, 3.05) is 11.5 Å². The molecule has 1 N–H and O–H groups in total. The normalized spacial score (nSPS) is 22.1. The number of aromatic amines is 1. The summed E-state index contributed by atoms with van der Waals surface area (Å²) in [4.78, 5) is 37.4. The van der Waals surface area contributed by atoms with Gasteiger partial charge >= 0.3 is 5.69 Å². The van der Waals surface area contributed by atoms with Crippen molar-refractivity contribution in [3.05, 3.63) is 32.6 Å². The molecule has 1 aromatic heterocycles. The molecule has 8 heteroatoms. The van der Waals surface area contributed by atoms with E-state index in [0.717, 1.165) is 10.8 Å². The Morgan fingerprint density at radius 1 is 1.42 bits per heavy atom. The quantitative estimate of drug-likeness (QED) is 0.737. The van der Waals surface area contributed by atoms with E-state index in [1.807, 2.05) is 0 Å². The molecule has 0 spiro atoms. The molecule has 19 heavy (non-hydrogen) atoms. The molecule has 1 saturated heterocycles. The van der Waals surface area contributed by atoms with Gasteiger partial charge in [-0.05, 0) is 19.8 Å². The highest BCUT2D eigenvalue weighted by Gasteiger charge is 2.28. The largest absolute Gasteiger partial charge is 0.328 e. The maximum Gasteiger partial charge on any atom is 0.328 e. The SMILES string of the molecule is CC(=O)c1c[nH]c(=O)n(C2CCCS(=O)(=O)C2)c1=O. The van der Waals surface area contributed by atoms with Gasteiger partial charge in [-0.1, -0.05) is 0 Å². The minimum absolute atomic E-state index is 0.0720. The van der Waals surface area contributed by atoms with Crippen LogP contribution in [0.25, 0.3) is 0 Å². The van der Waals surface area contributed by atoms with Gasteiger partial charge in [-0.15, -0.1) is 0 Å². The number of nitrogens with zero attached hydrogens (tertiary/aromatic N) is 1. The number of ketones is 1. The van der Waals surface area contributed by atoms with Gasteiger partial charge in [0, 0.05) is 6.20 Å². The van der Waals surface area contributed by atoms with E-state index in [1.54, 1.807) is 0 Å². The van der Waals surface area contributed by atoms with Gasteiger partial charge in [-0.2, -0.15) is 0 Å². The summed E-state index contributed by atoms with van der Waals surface area (Å²) < 4.78 is 24.0. The zero-order valence-electron chi connectivity index (χ0n) is 10.4. The molecule has 1 aliphatic heterocycles. The first-order chi connectivity index (χ1) is 8.82. The summed E-state index contributed by atoms with van der Waals surface area (Å²) in [6, 6.07) is -0.700. The molecule has 1 aliphatic rings. The van der Waals surface area contributed by atoms with Crippen LogP contribution in [0.1, 0.15) is 36.2 Å². The Bertz CT molecular complexity index is 728. The van der Waals surface area contributed by atoms with E-state index >= 15 is 0 Å². The average Bonchev–Trinajstić information content (AvgIpc) is 2.27. The van der Waals surface area contributed by atoms with Gasteiger partial charge in [0.2, 0.25) is 0 Å². The Hall–Kier alpha value is -1.70. The maximum absolute atomic E-state index is 12.1. The van der Waals surface area contributed by atoms with Crippen molar-refractivity contribution in [1.82, 2.24) is 9.55 Å². The summed E-state index contributed by atoms with van der Waals surface area (Å²) in [5.74, 6) is -0.631. The second kappa shape index (κ2) is 4.76. The Balaban J connectivity index is 2.56. The van der Waals surface area contributed by atoms with Crippen LogP contribution in [0.15, 0.2) is 15.8 Å². The highest BCUT2D eigenvalue weighted by Crippen LogP contribution is 2.20. The molecule has 2 rings (SSSR count). The first-order valence-corrected chi connectivity index (χ1v) is 7.69. The van der Waals surface area contributed by atoms with Crippen LogP contribution in [0.3, 0.4) is 0 Å². The summed E-state index contributed by atoms with van der Waals surface area (Å²) >= 11 is 0. The van der Waals surface area contributed by atoms with Gasteiger partial charge in [0.25, 0.3) is 5.56 Å². The van der Waals surface area contributed by atoms with Crippen LogP contribution in [0.5, 0.6) is 0 Å². The Labute approximate surface area is 109 Å². The summed E-state index contributed by atoms with van der Waals surface area (Å²) in [6.45, 7) is 1.22. The number of rotatable bonds is 2. The standard InChI is InChI=1S/C11H14N2O5S/c1-7(14)9-5-12-11(16)13(10(9)15)8-3-2-4-19(17,18)6-8/h5,8H,2-4,6H2,1H3,(H,12,16). The number of H-pyrrole nitrogens is 1. The minimum atomic E-state index is -3.24. The summed E-state index contributed by atoms with van der Waals surface area (Å²) in [5, 5.41) is 0. The van der Waals surface area contributed by atoms with Gasteiger partial charge in [-0.3, -0.25) is 14.2 Å². The Morgan fingerprint density at radius 3 is 2.68 bits per heavy atom. The second-order valence-corrected chi connectivity index (χ2v) is 6.88. The van der Waals surface area contributed by atoms with E-state index in [-0.39, 0.29) is 17.1 Å². The second-order valence-electron chi connectivity index (χ2n) is 4.65. The molecule has 1 atom stereocenters. The molecule has 0 saturated carbocycles. The van der Waals surface area contributed by atoms with E-state index in [4.69, 9.17) is 0 Å². The zero-order valence-corrected chi connectivity index (χ0v) is 11.2. The van der Waals surface area contributed by atoms with Crippen molar-refractivity contribution in [3.63, 3.8) is 0 Å². The molecule has 0 aliphatic carbocycles. The van der Waals surface area contributed by atoms with Crippen LogP contribution in [0.4, 0.5) is 0 Å². The first-order valence-electron chi connectivity index (χ1n) is 5.87. The van der Waals surface area contributed by atoms with Crippen LogP contribution < -0.4 is 11.2 Å². The molecule has 7 nitrogen and oxygen atoms in total. The van der Waals surface area contributed by atoms with Crippen LogP contribution in [0.2, 0.25) is 0 Å². The molecule has 2 heterocycles. The third kappa shape index (κ3) is 2.67. The fourth-order valence-electron chi connectivity index (χ4n) is 2.27. The highest BCUT2D eigenvalue weighted by atomic mass is 32.2. The van der Waals surface area contributed by atoms with E-state index in [1.165, 1.54) is 6.92 Å². The number of nitrogens with one attached hydrogen (secondary N) is 1. The fraction of sp³-hybridized carbons (Fsp3) is 0.545. The van der Waals surface area contributed by atoms with Crippen LogP contribution in [-0.2, 0) is 9.84 Å². The molecule has 1 unspecified atom stereocenters. The lowest BCUT2D eigenvalue weighted by molar-refractivity contribution is 0.101. The molecule has 0 radical (unpaired) electrons. The third-order valence-electron chi connectivity index (χ3n) is 3.19. The van der Waals surface area contributed by atoms with Gasteiger partial charge in [0.05, 0.1) is 23.1 Å². The van der Waals surface area contributed by atoms with Gasteiger partial charge < -0.3 is 4.98 Å². The van der Waals surface area contributed by atoms with E-state index in [9.17, 15) is 22.8 Å². The Kier molecular flexibility index (Phi) is 3.44. The number of aromatic nitrogens is 2. The molecule has 104 valence electrons. The van der Waals surface area contributed by atoms with Crippen molar-refractivity contribution >= 4 is 15.6 Å². The fourth-order valence-corrected chi connectivity index (χ4v) is 3.95. The lowest BCUT2D eigenvalue weighted by Gasteiger charge is -2.23. The highest BCUT2D eigenvalue weighted by molar-refractivity contribution is 7.91. The number of carbonyl (C=O) groups is 1. The Morgan fingerprint density at radius 2 is 2.11 bits per heavy atom. The predicted molar refractivity (Wildman–Crippen MR) is 68.3 cm³/mol. The van der Waals surface area contributed by atoms with E-state index in [0.29, 0.717) is 12.8 Å². The molecule has 0 aromatic carbocycles. The molecule has 0 amide bonds. The van der Waals surface area contributed by atoms with Crippen molar-refractivity contribution in [1.29, 1.82) is 0 Å². The number of hydrogen-bond donors (Lipinski definition) is 1. The predicted octanol–water partition coefficient (Wildman–Crippen LogP) is -0.511. The number of carbonyl (C=O) groups excluding carboxylic acids is 1. The monoisotopic (exact) mass is 286 g/mol. The van der Waals surface area contributed by atoms with E-state index < -0.39 is 32.9 Å². The van der Waals surface area contributed by atoms with Crippen LogP contribution >= 0.6 is 0 Å². The van der Waals surface area contributed by atoms with Gasteiger partial charge in [-0.25, -0.2) is 13.2 Å². The van der Waals surface area contributed by atoms with Crippen molar-refractivity contribution < 1.29 is 13.2 Å². The average molecular weight is 286 g/mol. The lowest BCUT2D eigenvalue weighted by Crippen LogP contribution is -2.44. The first kappa shape index (κ1) is 13.7. The van der Waals surface area contributed by atoms with Crippen molar-refractivity contribution in [2.24, 2.45) is 0 Å². The van der Waals surface area contributed by atoms with Crippen LogP contribution in [0, 0.1) is 0 Å². The maximum atomic E-state index is 12.1.